The molecule has 3 aromatic rings. The van der Waals surface area contributed by atoms with Gasteiger partial charge < -0.3 is 15.2 Å². The number of carbonyl (C=O) groups is 1. The van der Waals surface area contributed by atoms with Gasteiger partial charge >= 0.3 is 0 Å². The Labute approximate surface area is 161 Å². The number of methoxy groups -OCH3 is 1. The smallest absolute Gasteiger partial charge is 0.251 e. The molecule has 1 atom stereocenters. The number of pyridine rings is 1. The van der Waals surface area contributed by atoms with Gasteiger partial charge in [-0.3, -0.25) is 9.78 Å². The molecule has 0 aliphatic heterocycles. The largest absolute Gasteiger partial charge is 0.495 e. The number of aliphatic hydroxyl groups excluding tert-OH is 1. The molecular weight excluding hydrogens is 360 g/mol. The molecule has 0 bridgehead atoms. The van der Waals surface area contributed by atoms with Crippen molar-refractivity contribution < 1.29 is 14.6 Å². The SMILES string of the molecule is COc1cncc(C(NC(=O)c2ccc(-n3cnnn3)cc2)C2CC(O)C2)c1. The van der Waals surface area contributed by atoms with Crippen LogP contribution >= 0.6 is 0 Å². The monoisotopic (exact) mass is 380 g/mol. The van der Waals surface area contributed by atoms with Crippen molar-refractivity contribution in [3.05, 3.63) is 60.2 Å². The van der Waals surface area contributed by atoms with Gasteiger partial charge in [0.25, 0.3) is 5.91 Å². The lowest BCUT2D eigenvalue weighted by Crippen LogP contribution is -2.41. The van der Waals surface area contributed by atoms with Gasteiger partial charge in [0, 0.05) is 11.8 Å². The summed E-state index contributed by atoms with van der Waals surface area (Å²) in [6.07, 6.45) is 5.79. The number of tetrazole rings is 1. The Kier molecular flexibility index (Phi) is 4.98. The predicted octanol–water partition coefficient (Wildman–Crippen LogP) is 1.31. The molecule has 144 valence electrons. The number of hydrogen-bond donors (Lipinski definition) is 2. The van der Waals surface area contributed by atoms with Crippen molar-refractivity contribution >= 4 is 5.91 Å². The first-order valence-corrected chi connectivity index (χ1v) is 8.95. The van der Waals surface area contributed by atoms with Crippen LogP contribution in [0.4, 0.5) is 0 Å². The standard InChI is InChI=1S/C19H20N6O3/c1-28-17-8-14(9-20-10-17)18(13-6-16(26)7-13)22-19(27)12-2-4-15(5-3-12)25-11-21-23-24-25/h2-5,8-11,13,16,18,26H,6-7H2,1H3,(H,22,27). The zero-order valence-corrected chi connectivity index (χ0v) is 15.3. The number of hydrogen-bond acceptors (Lipinski definition) is 7. The second kappa shape index (κ2) is 7.73. The Bertz CT molecular complexity index is 939. The van der Waals surface area contributed by atoms with Crippen LogP contribution in [0.15, 0.2) is 49.1 Å². The molecule has 0 spiro atoms. The fourth-order valence-electron chi connectivity index (χ4n) is 3.36. The molecule has 9 heteroatoms. The molecule has 2 aromatic heterocycles. The summed E-state index contributed by atoms with van der Waals surface area (Å²) in [5, 5.41) is 23.8. The highest BCUT2D eigenvalue weighted by Gasteiger charge is 2.36. The Morgan fingerprint density at radius 1 is 1.29 bits per heavy atom. The minimum absolute atomic E-state index is 0.147. The summed E-state index contributed by atoms with van der Waals surface area (Å²) in [6, 6.07) is 8.62. The highest BCUT2D eigenvalue weighted by molar-refractivity contribution is 5.94. The van der Waals surface area contributed by atoms with Crippen LogP contribution in [0.2, 0.25) is 0 Å². The Balaban J connectivity index is 1.53. The number of aliphatic hydroxyl groups is 1. The van der Waals surface area contributed by atoms with Crippen LogP contribution in [0, 0.1) is 5.92 Å². The van der Waals surface area contributed by atoms with Gasteiger partial charge in [0.1, 0.15) is 12.1 Å². The number of rotatable bonds is 6. The quantitative estimate of drug-likeness (QED) is 0.662. The van der Waals surface area contributed by atoms with E-state index in [9.17, 15) is 9.90 Å². The third kappa shape index (κ3) is 3.70. The summed E-state index contributed by atoms with van der Waals surface area (Å²) >= 11 is 0. The van der Waals surface area contributed by atoms with E-state index in [0.29, 0.717) is 24.2 Å². The van der Waals surface area contributed by atoms with Gasteiger partial charge in [-0.1, -0.05) is 0 Å². The Morgan fingerprint density at radius 3 is 2.71 bits per heavy atom. The van der Waals surface area contributed by atoms with E-state index in [1.807, 2.05) is 6.07 Å². The molecule has 4 rings (SSSR count). The van der Waals surface area contributed by atoms with Crippen LogP contribution in [0.5, 0.6) is 5.75 Å². The minimum atomic E-state index is -0.321. The first kappa shape index (κ1) is 18.1. The second-order valence-corrected chi connectivity index (χ2v) is 6.80. The number of carbonyl (C=O) groups excluding carboxylic acids is 1. The number of nitrogens with one attached hydrogen (secondary N) is 1. The molecular formula is C19H20N6O3. The average molecular weight is 380 g/mol. The van der Waals surface area contributed by atoms with Gasteiger partial charge in [-0.2, -0.15) is 0 Å². The van der Waals surface area contributed by atoms with Crippen molar-refractivity contribution in [2.45, 2.75) is 25.0 Å². The first-order chi connectivity index (χ1) is 13.6. The summed E-state index contributed by atoms with van der Waals surface area (Å²) in [6.45, 7) is 0. The first-order valence-electron chi connectivity index (χ1n) is 8.95. The Morgan fingerprint density at radius 2 is 2.07 bits per heavy atom. The molecule has 1 unspecified atom stereocenters. The number of amides is 1. The number of nitrogens with zero attached hydrogens (tertiary/aromatic N) is 5. The van der Waals surface area contributed by atoms with Gasteiger partial charge in [-0.25, -0.2) is 4.68 Å². The zero-order valence-electron chi connectivity index (χ0n) is 15.3. The van der Waals surface area contributed by atoms with Crippen LogP contribution < -0.4 is 10.1 Å². The van der Waals surface area contributed by atoms with Crippen LogP contribution in [-0.2, 0) is 0 Å². The average Bonchev–Trinajstić information content (AvgIpc) is 3.25. The zero-order chi connectivity index (χ0) is 19.5. The molecule has 1 aliphatic rings. The molecule has 2 heterocycles. The molecule has 1 fully saturated rings. The molecule has 0 saturated heterocycles. The van der Waals surface area contributed by atoms with Crippen molar-refractivity contribution in [3.8, 4) is 11.4 Å². The minimum Gasteiger partial charge on any atom is -0.495 e. The van der Waals surface area contributed by atoms with Crippen molar-refractivity contribution in [2.75, 3.05) is 7.11 Å². The number of ether oxygens (including phenoxy) is 1. The molecule has 1 saturated carbocycles. The highest BCUT2D eigenvalue weighted by Crippen LogP contribution is 2.38. The fraction of sp³-hybridized carbons (Fsp3) is 0.316. The van der Waals surface area contributed by atoms with Crippen LogP contribution in [0.25, 0.3) is 5.69 Å². The van der Waals surface area contributed by atoms with Crippen molar-refractivity contribution in [1.29, 1.82) is 0 Å². The second-order valence-electron chi connectivity index (χ2n) is 6.80. The topological polar surface area (TPSA) is 115 Å². The number of benzene rings is 1. The maximum absolute atomic E-state index is 12.8. The van der Waals surface area contributed by atoms with Crippen molar-refractivity contribution in [1.82, 2.24) is 30.5 Å². The van der Waals surface area contributed by atoms with Gasteiger partial charge in [0.2, 0.25) is 0 Å². The maximum atomic E-state index is 12.8. The van der Waals surface area contributed by atoms with E-state index in [2.05, 4.69) is 25.8 Å². The third-order valence-electron chi connectivity index (χ3n) is 4.98. The summed E-state index contributed by atoms with van der Waals surface area (Å²) in [4.78, 5) is 17.0. The summed E-state index contributed by atoms with van der Waals surface area (Å²) < 4.78 is 6.77. The molecule has 1 amide bonds. The van der Waals surface area contributed by atoms with E-state index < -0.39 is 0 Å². The Hall–Kier alpha value is -3.33. The van der Waals surface area contributed by atoms with Crippen molar-refractivity contribution in [3.63, 3.8) is 0 Å². The molecule has 1 aliphatic carbocycles. The van der Waals surface area contributed by atoms with Crippen molar-refractivity contribution in [2.24, 2.45) is 5.92 Å². The van der Waals surface area contributed by atoms with E-state index in [1.165, 1.54) is 11.0 Å². The van der Waals surface area contributed by atoms with E-state index in [0.717, 1.165) is 11.3 Å². The van der Waals surface area contributed by atoms with E-state index in [4.69, 9.17) is 4.74 Å². The van der Waals surface area contributed by atoms with Crippen LogP contribution in [-0.4, -0.2) is 49.4 Å². The van der Waals surface area contributed by atoms with Crippen LogP contribution in [0.1, 0.15) is 34.8 Å². The summed E-state index contributed by atoms with van der Waals surface area (Å²) in [5.41, 5.74) is 2.14. The molecule has 2 N–H and O–H groups in total. The lowest BCUT2D eigenvalue weighted by molar-refractivity contribution is 0.0234. The maximum Gasteiger partial charge on any atom is 0.251 e. The molecule has 1 aromatic carbocycles. The lowest BCUT2D eigenvalue weighted by Gasteiger charge is -2.38. The van der Waals surface area contributed by atoms with Gasteiger partial charge in [-0.05, 0) is 65.1 Å². The van der Waals surface area contributed by atoms with Gasteiger partial charge in [0.05, 0.1) is 31.1 Å². The summed E-state index contributed by atoms with van der Waals surface area (Å²) in [7, 11) is 1.58. The fourth-order valence-corrected chi connectivity index (χ4v) is 3.36. The highest BCUT2D eigenvalue weighted by atomic mass is 16.5. The van der Waals surface area contributed by atoms with Crippen LogP contribution in [0.3, 0.4) is 0 Å². The predicted molar refractivity (Wildman–Crippen MR) is 98.9 cm³/mol. The molecule has 9 nitrogen and oxygen atoms in total. The van der Waals surface area contributed by atoms with E-state index in [-0.39, 0.29) is 24.0 Å². The summed E-state index contributed by atoms with van der Waals surface area (Å²) in [5.74, 6) is 0.577. The lowest BCUT2D eigenvalue weighted by atomic mass is 9.75. The van der Waals surface area contributed by atoms with Gasteiger partial charge in [0.15, 0.2) is 0 Å². The molecule has 28 heavy (non-hydrogen) atoms. The van der Waals surface area contributed by atoms with E-state index in [1.54, 1.807) is 43.8 Å². The normalized spacial score (nSPS) is 19.5. The number of aromatic nitrogens is 5. The van der Waals surface area contributed by atoms with E-state index >= 15 is 0 Å². The third-order valence-corrected chi connectivity index (χ3v) is 4.98. The molecule has 0 radical (unpaired) electrons. The van der Waals surface area contributed by atoms with Gasteiger partial charge in [-0.15, -0.1) is 5.10 Å².